The maximum atomic E-state index is 6.06. The molecule has 100 valence electrons. The highest BCUT2D eigenvalue weighted by molar-refractivity contribution is 6.30. The molecule has 1 aliphatic heterocycles. The van der Waals surface area contributed by atoms with E-state index in [0.717, 1.165) is 11.6 Å². The van der Waals surface area contributed by atoms with Crippen molar-refractivity contribution in [3.63, 3.8) is 0 Å². The third-order valence-electron chi connectivity index (χ3n) is 4.00. The quantitative estimate of drug-likeness (QED) is 0.906. The Morgan fingerprint density at radius 2 is 2.28 bits per heavy atom. The van der Waals surface area contributed by atoms with Crippen LogP contribution in [0.25, 0.3) is 0 Å². The summed E-state index contributed by atoms with van der Waals surface area (Å²) in [6.45, 7) is 5.27. The summed E-state index contributed by atoms with van der Waals surface area (Å²) in [5.74, 6) is 0.393. The first-order valence-corrected chi connectivity index (χ1v) is 7.28. The highest BCUT2D eigenvalue weighted by atomic mass is 35.5. The molecule has 0 spiro atoms. The van der Waals surface area contributed by atoms with Crippen LogP contribution in [0, 0.1) is 0 Å². The second-order valence-corrected chi connectivity index (χ2v) is 5.76. The zero-order valence-electron chi connectivity index (χ0n) is 11.1. The van der Waals surface area contributed by atoms with Gasteiger partial charge in [-0.2, -0.15) is 0 Å². The van der Waals surface area contributed by atoms with Crippen molar-refractivity contribution in [1.82, 2.24) is 4.90 Å². The van der Waals surface area contributed by atoms with Crippen LogP contribution in [0.5, 0.6) is 0 Å². The Labute approximate surface area is 115 Å². The van der Waals surface area contributed by atoms with Crippen molar-refractivity contribution in [3.05, 3.63) is 34.9 Å². The molecule has 1 fully saturated rings. The molecule has 0 aromatic heterocycles. The Kier molecular flexibility index (Phi) is 5.04. The monoisotopic (exact) mass is 266 g/mol. The molecule has 2 N–H and O–H groups in total. The summed E-state index contributed by atoms with van der Waals surface area (Å²) >= 11 is 6.06. The molecular weight excluding hydrogens is 244 g/mol. The molecule has 1 aromatic carbocycles. The van der Waals surface area contributed by atoms with Gasteiger partial charge < -0.3 is 10.6 Å². The molecule has 2 atom stereocenters. The lowest BCUT2D eigenvalue weighted by atomic mass is 9.95. The van der Waals surface area contributed by atoms with Crippen molar-refractivity contribution >= 4 is 11.6 Å². The number of nitrogens with two attached hydrogens (primary N) is 1. The highest BCUT2D eigenvalue weighted by Crippen LogP contribution is 2.24. The Morgan fingerprint density at radius 1 is 1.44 bits per heavy atom. The second-order valence-electron chi connectivity index (χ2n) is 5.33. The number of likely N-dealkylation sites (tertiary alicyclic amines) is 1. The maximum absolute atomic E-state index is 6.06. The number of piperidine rings is 1. The van der Waals surface area contributed by atoms with E-state index in [1.807, 2.05) is 18.2 Å². The Hall–Kier alpha value is -0.570. The Morgan fingerprint density at radius 3 is 2.94 bits per heavy atom. The predicted molar refractivity (Wildman–Crippen MR) is 78.1 cm³/mol. The van der Waals surface area contributed by atoms with Gasteiger partial charge in [0, 0.05) is 30.1 Å². The molecule has 0 saturated carbocycles. The normalized spacial score (nSPS) is 22.9. The van der Waals surface area contributed by atoms with Gasteiger partial charge in [0.15, 0.2) is 0 Å². The second kappa shape index (κ2) is 6.55. The molecule has 3 heteroatoms. The third-order valence-corrected chi connectivity index (χ3v) is 4.24. The van der Waals surface area contributed by atoms with E-state index in [4.69, 9.17) is 17.3 Å². The summed E-state index contributed by atoms with van der Waals surface area (Å²) in [6, 6.07) is 8.81. The van der Waals surface area contributed by atoms with Crippen molar-refractivity contribution < 1.29 is 0 Å². The molecule has 0 amide bonds. The van der Waals surface area contributed by atoms with E-state index >= 15 is 0 Å². The van der Waals surface area contributed by atoms with Gasteiger partial charge in [-0.05, 0) is 44.0 Å². The largest absolute Gasteiger partial charge is 0.330 e. The predicted octanol–water partition coefficient (Wildman–Crippen LogP) is 3.26. The topological polar surface area (TPSA) is 29.3 Å². The molecule has 1 aliphatic rings. The van der Waals surface area contributed by atoms with Crippen LogP contribution >= 0.6 is 11.6 Å². The number of hydrogen-bond donors (Lipinski definition) is 1. The molecule has 1 saturated heterocycles. The maximum Gasteiger partial charge on any atom is 0.0408 e. The van der Waals surface area contributed by atoms with Gasteiger partial charge in [-0.15, -0.1) is 0 Å². The van der Waals surface area contributed by atoms with Gasteiger partial charge in [0.25, 0.3) is 0 Å². The summed E-state index contributed by atoms with van der Waals surface area (Å²) in [7, 11) is 0. The van der Waals surface area contributed by atoms with Crippen LogP contribution in [-0.2, 0) is 0 Å². The van der Waals surface area contributed by atoms with Crippen LogP contribution in [0.15, 0.2) is 24.3 Å². The van der Waals surface area contributed by atoms with E-state index in [0.29, 0.717) is 18.5 Å². The van der Waals surface area contributed by atoms with Crippen LogP contribution < -0.4 is 5.73 Å². The fraction of sp³-hybridized carbons (Fsp3) is 0.600. The van der Waals surface area contributed by atoms with E-state index < -0.39 is 0 Å². The fourth-order valence-corrected chi connectivity index (χ4v) is 2.99. The lowest BCUT2D eigenvalue weighted by Crippen LogP contribution is -2.41. The molecule has 0 bridgehead atoms. The summed E-state index contributed by atoms with van der Waals surface area (Å²) in [4.78, 5) is 2.57. The van der Waals surface area contributed by atoms with Crippen molar-refractivity contribution in [2.24, 2.45) is 5.73 Å². The number of nitrogens with zero attached hydrogens (tertiary/aromatic N) is 1. The lowest BCUT2D eigenvalue weighted by molar-refractivity contribution is 0.152. The van der Waals surface area contributed by atoms with Crippen molar-refractivity contribution in [3.8, 4) is 0 Å². The Balaban J connectivity index is 2.04. The minimum absolute atomic E-state index is 0.393. The fourth-order valence-electron chi connectivity index (χ4n) is 2.79. The molecule has 0 radical (unpaired) electrons. The average Bonchev–Trinajstić information content (AvgIpc) is 2.38. The van der Waals surface area contributed by atoms with E-state index in [2.05, 4.69) is 17.9 Å². The highest BCUT2D eigenvalue weighted by Gasteiger charge is 2.22. The van der Waals surface area contributed by atoms with Gasteiger partial charge in [0.2, 0.25) is 0 Å². The van der Waals surface area contributed by atoms with Crippen LogP contribution in [-0.4, -0.2) is 30.6 Å². The van der Waals surface area contributed by atoms with Crippen LogP contribution in [0.3, 0.4) is 0 Å². The molecule has 1 aromatic rings. The van der Waals surface area contributed by atoms with Gasteiger partial charge in [-0.1, -0.05) is 30.2 Å². The van der Waals surface area contributed by atoms with E-state index in [9.17, 15) is 0 Å². The van der Waals surface area contributed by atoms with E-state index in [1.165, 1.54) is 31.4 Å². The third kappa shape index (κ3) is 3.47. The van der Waals surface area contributed by atoms with Crippen LogP contribution in [0.2, 0.25) is 5.02 Å². The summed E-state index contributed by atoms with van der Waals surface area (Å²) in [6.07, 6.45) is 3.99. The molecular formula is C15H23ClN2. The van der Waals surface area contributed by atoms with Gasteiger partial charge in [0.1, 0.15) is 0 Å². The molecule has 2 rings (SSSR count). The first-order valence-electron chi connectivity index (χ1n) is 6.90. The first kappa shape index (κ1) is 13.9. The lowest BCUT2D eigenvalue weighted by Gasteiger charge is -2.35. The summed E-state index contributed by atoms with van der Waals surface area (Å²) in [5.41, 5.74) is 7.21. The molecule has 2 unspecified atom stereocenters. The van der Waals surface area contributed by atoms with Crippen molar-refractivity contribution in [2.45, 2.75) is 38.1 Å². The van der Waals surface area contributed by atoms with E-state index in [1.54, 1.807) is 0 Å². The van der Waals surface area contributed by atoms with E-state index in [-0.39, 0.29) is 0 Å². The number of benzene rings is 1. The average molecular weight is 267 g/mol. The van der Waals surface area contributed by atoms with Crippen LogP contribution in [0.1, 0.15) is 37.7 Å². The van der Waals surface area contributed by atoms with Gasteiger partial charge in [-0.25, -0.2) is 0 Å². The first-order chi connectivity index (χ1) is 8.70. The summed E-state index contributed by atoms with van der Waals surface area (Å²) in [5, 5.41) is 0.803. The van der Waals surface area contributed by atoms with Gasteiger partial charge in [-0.3, -0.25) is 0 Å². The van der Waals surface area contributed by atoms with Crippen LogP contribution in [0.4, 0.5) is 0 Å². The smallest absolute Gasteiger partial charge is 0.0408 e. The van der Waals surface area contributed by atoms with Gasteiger partial charge in [0.05, 0.1) is 0 Å². The zero-order valence-corrected chi connectivity index (χ0v) is 11.9. The number of hydrogen-bond acceptors (Lipinski definition) is 2. The number of rotatable bonds is 4. The SMILES string of the molecule is CC1CCCCN1CC(CN)c1cccc(Cl)c1. The standard InChI is InChI=1S/C15H23ClN2/c1-12-5-2-3-8-18(12)11-14(10-17)13-6-4-7-15(16)9-13/h4,6-7,9,12,14H,2-3,5,8,10-11,17H2,1H3. The van der Waals surface area contributed by atoms with Crippen molar-refractivity contribution in [1.29, 1.82) is 0 Å². The van der Waals surface area contributed by atoms with Crippen molar-refractivity contribution in [2.75, 3.05) is 19.6 Å². The summed E-state index contributed by atoms with van der Waals surface area (Å²) < 4.78 is 0. The van der Waals surface area contributed by atoms with Gasteiger partial charge >= 0.3 is 0 Å². The molecule has 2 nitrogen and oxygen atoms in total. The number of halogens is 1. The minimum Gasteiger partial charge on any atom is -0.330 e. The Bertz CT molecular complexity index is 381. The molecule has 18 heavy (non-hydrogen) atoms. The minimum atomic E-state index is 0.393. The molecule has 0 aliphatic carbocycles. The zero-order chi connectivity index (χ0) is 13.0. The molecule has 1 heterocycles.